The van der Waals surface area contributed by atoms with E-state index in [9.17, 15) is 0 Å². The maximum Gasteiger partial charge on any atom is 0.0783 e. The SMILES string of the molecule is NC(CCC1CCCCC1)C1CCOC2(CCSC2)C1. The van der Waals surface area contributed by atoms with E-state index in [4.69, 9.17) is 10.5 Å². The van der Waals surface area contributed by atoms with Gasteiger partial charge in [-0.2, -0.15) is 11.8 Å². The van der Waals surface area contributed by atoms with Gasteiger partial charge in [0.15, 0.2) is 0 Å². The van der Waals surface area contributed by atoms with E-state index < -0.39 is 0 Å². The summed E-state index contributed by atoms with van der Waals surface area (Å²) in [6, 6.07) is 0.420. The van der Waals surface area contributed by atoms with Gasteiger partial charge in [0.1, 0.15) is 0 Å². The van der Waals surface area contributed by atoms with Crippen LogP contribution in [0.3, 0.4) is 0 Å². The van der Waals surface area contributed by atoms with Crippen LogP contribution in [-0.2, 0) is 4.74 Å². The third-order valence-electron chi connectivity index (χ3n) is 5.84. The molecule has 3 atom stereocenters. The first-order valence-electron chi connectivity index (χ1n) is 8.75. The Hall–Kier alpha value is 0.270. The van der Waals surface area contributed by atoms with Crippen molar-refractivity contribution in [2.75, 3.05) is 18.1 Å². The van der Waals surface area contributed by atoms with Gasteiger partial charge in [-0.25, -0.2) is 0 Å². The Morgan fingerprint density at radius 2 is 2.05 bits per heavy atom. The molecule has 0 aromatic heterocycles. The Morgan fingerprint density at radius 1 is 1.20 bits per heavy atom. The van der Waals surface area contributed by atoms with Crippen molar-refractivity contribution in [1.29, 1.82) is 0 Å². The minimum absolute atomic E-state index is 0.204. The average Bonchev–Trinajstić information content (AvgIpc) is 2.93. The molecule has 0 aromatic carbocycles. The van der Waals surface area contributed by atoms with Gasteiger partial charge in [0.2, 0.25) is 0 Å². The molecule has 2 aliphatic heterocycles. The predicted molar refractivity (Wildman–Crippen MR) is 87.1 cm³/mol. The molecule has 2 saturated heterocycles. The van der Waals surface area contributed by atoms with Gasteiger partial charge in [-0.15, -0.1) is 0 Å². The van der Waals surface area contributed by atoms with Gasteiger partial charge in [0, 0.05) is 18.4 Å². The van der Waals surface area contributed by atoms with Crippen molar-refractivity contribution in [3.8, 4) is 0 Å². The summed E-state index contributed by atoms with van der Waals surface area (Å²) in [7, 11) is 0. The van der Waals surface area contributed by atoms with Gasteiger partial charge in [0.25, 0.3) is 0 Å². The second kappa shape index (κ2) is 7.02. The van der Waals surface area contributed by atoms with E-state index in [2.05, 4.69) is 11.8 Å². The first-order valence-corrected chi connectivity index (χ1v) is 9.90. The van der Waals surface area contributed by atoms with E-state index in [1.165, 1.54) is 75.7 Å². The Labute approximate surface area is 128 Å². The van der Waals surface area contributed by atoms with Crippen molar-refractivity contribution in [1.82, 2.24) is 0 Å². The number of ether oxygens (including phenoxy) is 1. The quantitative estimate of drug-likeness (QED) is 0.852. The molecule has 3 unspecified atom stereocenters. The highest BCUT2D eigenvalue weighted by molar-refractivity contribution is 7.99. The Balaban J connectivity index is 1.45. The molecule has 1 saturated carbocycles. The Kier molecular flexibility index (Phi) is 5.33. The summed E-state index contributed by atoms with van der Waals surface area (Å²) in [5.74, 6) is 4.18. The summed E-state index contributed by atoms with van der Waals surface area (Å²) in [5, 5.41) is 0. The van der Waals surface area contributed by atoms with Crippen LogP contribution in [0.4, 0.5) is 0 Å². The standard InChI is InChI=1S/C17H31NOS/c18-16(7-6-14-4-2-1-3-5-14)15-8-10-19-17(12-15)9-11-20-13-17/h14-16H,1-13,18H2. The maximum absolute atomic E-state index is 6.55. The van der Waals surface area contributed by atoms with Crippen LogP contribution in [0.15, 0.2) is 0 Å². The normalized spacial score (nSPS) is 37.4. The van der Waals surface area contributed by atoms with Crippen LogP contribution in [0.1, 0.15) is 64.2 Å². The number of hydrogen-bond acceptors (Lipinski definition) is 3. The third-order valence-corrected chi connectivity index (χ3v) is 7.06. The molecular formula is C17H31NOS. The zero-order valence-corrected chi connectivity index (χ0v) is 13.6. The van der Waals surface area contributed by atoms with Crippen LogP contribution in [0.25, 0.3) is 0 Å². The van der Waals surface area contributed by atoms with Crippen LogP contribution in [0.2, 0.25) is 0 Å². The largest absolute Gasteiger partial charge is 0.374 e. The first kappa shape index (κ1) is 15.2. The zero-order chi connectivity index (χ0) is 13.8. The summed E-state index contributed by atoms with van der Waals surface area (Å²) in [4.78, 5) is 0. The van der Waals surface area contributed by atoms with Crippen molar-refractivity contribution in [2.45, 2.75) is 75.9 Å². The second-order valence-electron chi connectivity index (χ2n) is 7.33. The lowest BCUT2D eigenvalue weighted by molar-refractivity contribution is -0.0837. The molecule has 0 bridgehead atoms. The molecule has 0 radical (unpaired) electrons. The zero-order valence-electron chi connectivity index (χ0n) is 12.8. The molecule has 20 heavy (non-hydrogen) atoms. The molecule has 3 fully saturated rings. The summed E-state index contributed by atoms with van der Waals surface area (Å²) in [5.41, 5.74) is 6.76. The van der Waals surface area contributed by atoms with E-state index in [0.717, 1.165) is 12.5 Å². The highest BCUT2D eigenvalue weighted by Crippen LogP contribution is 2.41. The minimum atomic E-state index is 0.204. The Bertz CT molecular complexity index is 297. The van der Waals surface area contributed by atoms with E-state index in [-0.39, 0.29) is 5.60 Å². The van der Waals surface area contributed by atoms with E-state index in [1.54, 1.807) is 0 Å². The molecular weight excluding hydrogens is 266 g/mol. The molecule has 1 spiro atoms. The summed E-state index contributed by atoms with van der Waals surface area (Å²) in [6.45, 7) is 0.947. The van der Waals surface area contributed by atoms with Crippen molar-refractivity contribution < 1.29 is 4.74 Å². The first-order chi connectivity index (χ1) is 9.77. The predicted octanol–water partition coefficient (Wildman–Crippen LogP) is 3.98. The van der Waals surface area contributed by atoms with E-state index >= 15 is 0 Å². The van der Waals surface area contributed by atoms with Crippen LogP contribution < -0.4 is 5.73 Å². The number of rotatable bonds is 4. The lowest BCUT2D eigenvalue weighted by Crippen LogP contribution is -2.45. The molecule has 2 nitrogen and oxygen atoms in total. The van der Waals surface area contributed by atoms with Crippen LogP contribution >= 0.6 is 11.8 Å². The summed E-state index contributed by atoms with van der Waals surface area (Å²) in [6.07, 6.45) is 13.6. The van der Waals surface area contributed by atoms with E-state index in [1.807, 2.05) is 0 Å². The smallest absolute Gasteiger partial charge is 0.0783 e. The van der Waals surface area contributed by atoms with Crippen molar-refractivity contribution >= 4 is 11.8 Å². The third kappa shape index (κ3) is 3.72. The van der Waals surface area contributed by atoms with Crippen molar-refractivity contribution in [2.24, 2.45) is 17.6 Å². The van der Waals surface area contributed by atoms with Crippen LogP contribution in [0, 0.1) is 11.8 Å². The second-order valence-corrected chi connectivity index (χ2v) is 8.44. The fourth-order valence-electron chi connectivity index (χ4n) is 4.43. The fourth-order valence-corrected chi connectivity index (χ4v) is 5.81. The van der Waals surface area contributed by atoms with Gasteiger partial charge in [-0.05, 0) is 49.7 Å². The molecule has 2 N–H and O–H groups in total. The van der Waals surface area contributed by atoms with Gasteiger partial charge in [-0.1, -0.05) is 32.1 Å². The summed E-state index contributed by atoms with van der Waals surface area (Å²) >= 11 is 2.06. The monoisotopic (exact) mass is 297 g/mol. The van der Waals surface area contributed by atoms with Gasteiger partial charge in [-0.3, -0.25) is 0 Å². The van der Waals surface area contributed by atoms with Gasteiger partial charge < -0.3 is 10.5 Å². The molecule has 2 heterocycles. The average molecular weight is 298 g/mol. The Morgan fingerprint density at radius 3 is 2.80 bits per heavy atom. The number of hydrogen-bond donors (Lipinski definition) is 1. The van der Waals surface area contributed by atoms with Crippen LogP contribution in [-0.4, -0.2) is 29.8 Å². The fraction of sp³-hybridized carbons (Fsp3) is 1.00. The highest BCUT2D eigenvalue weighted by Gasteiger charge is 2.41. The van der Waals surface area contributed by atoms with Crippen LogP contribution in [0.5, 0.6) is 0 Å². The molecule has 0 aromatic rings. The lowest BCUT2D eigenvalue weighted by Gasteiger charge is -2.40. The molecule has 3 aliphatic rings. The molecule has 0 amide bonds. The van der Waals surface area contributed by atoms with Gasteiger partial charge >= 0.3 is 0 Å². The number of nitrogens with two attached hydrogens (primary N) is 1. The maximum atomic E-state index is 6.55. The van der Waals surface area contributed by atoms with E-state index in [0.29, 0.717) is 12.0 Å². The molecule has 3 heteroatoms. The minimum Gasteiger partial charge on any atom is -0.374 e. The summed E-state index contributed by atoms with van der Waals surface area (Å²) < 4.78 is 6.12. The highest BCUT2D eigenvalue weighted by atomic mass is 32.2. The number of thioether (sulfide) groups is 1. The van der Waals surface area contributed by atoms with Crippen molar-refractivity contribution in [3.63, 3.8) is 0 Å². The molecule has 1 aliphatic carbocycles. The van der Waals surface area contributed by atoms with Crippen molar-refractivity contribution in [3.05, 3.63) is 0 Å². The molecule has 3 rings (SSSR count). The molecule has 116 valence electrons. The van der Waals surface area contributed by atoms with Gasteiger partial charge in [0.05, 0.1) is 5.60 Å². The topological polar surface area (TPSA) is 35.2 Å². The lowest BCUT2D eigenvalue weighted by atomic mass is 9.78.